The molecule has 0 atom stereocenters. The van der Waals surface area contributed by atoms with Crippen molar-refractivity contribution < 1.29 is 24.1 Å². The Morgan fingerprint density at radius 3 is 2.19 bits per heavy atom. The molecule has 0 bridgehead atoms. The smallest absolute Gasteiger partial charge is 0.246 e. The van der Waals surface area contributed by atoms with Crippen molar-refractivity contribution in [3.05, 3.63) is 153 Å². The number of aryl methyl sites for hydroxylation is 1. The fourth-order valence-corrected chi connectivity index (χ4v) is 6.39. The van der Waals surface area contributed by atoms with Gasteiger partial charge in [-0.3, -0.25) is 9.69 Å². The number of aliphatic hydroxyl groups is 1. The molecular weight excluding hydrogens is 700 g/mol. The van der Waals surface area contributed by atoms with Crippen LogP contribution in [0.4, 0.5) is 0 Å². The summed E-state index contributed by atoms with van der Waals surface area (Å²) < 4.78 is 17.7. The maximum atomic E-state index is 13.1. The molecular formula is C44H43ClN4O5. The van der Waals surface area contributed by atoms with E-state index in [9.17, 15) is 4.79 Å². The fraction of sp³-hybridized carbons (Fsp3) is 0.250. The first-order valence-corrected chi connectivity index (χ1v) is 18.4. The summed E-state index contributed by atoms with van der Waals surface area (Å²) in [5.41, 5.74) is 6.74. The van der Waals surface area contributed by atoms with Crippen molar-refractivity contribution >= 4 is 23.6 Å². The SMILES string of the molecule is Cc1cc(/C=C/C(=O)N2CCN(Cc3ccc(CCOc4ccc(CCO)cc4)cc3)CC2)cc(Cl)c1Oc1ccc(OCc2ccc(C#N)cc2)cn1. The topological polar surface area (TPSA) is 108 Å². The summed E-state index contributed by atoms with van der Waals surface area (Å²) in [6.45, 7) is 6.79. The summed E-state index contributed by atoms with van der Waals surface area (Å²) in [6, 6.07) is 33.1. The monoisotopic (exact) mass is 742 g/mol. The van der Waals surface area contributed by atoms with Gasteiger partial charge in [0.05, 0.1) is 29.5 Å². The average Bonchev–Trinajstić information content (AvgIpc) is 3.20. The van der Waals surface area contributed by atoms with E-state index < -0.39 is 0 Å². The Hall–Kier alpha value is -5.66. The van der Waals surface area contributed by atoms with Crippen molar-refractivity contribution in [1.82, 2.24) is 14.8 Å². The minimum atomic E-state index is -0.0258. The van der Waals surface area contributed by atoms with Crippen LogP contribution in [0, 0.1) is 18.3 Å². The summed E-state index contributed by atoms with van der Waals surface area (Å²) in [6.07, 6.45) is 6.46. The van der Waals surface area contributed by atoms with Crippen molar-refractivity contribution in [3.63, 3.8) is 0 Å². The van der Waals surface area contributed by atoms with E-state index in [1.54, 1.807) is 48.7 Å². The van der Waals surface area contributed by atoms with Crippen LogP contribution in [0.2, 0.25) is 5.02 Å². The quantitative estimate of drug-likeness (QED) is 0.108. The largest absolute Gasteiger partial charge is 0.493 e. The minimum Gasteiger partial charge on any atom is -0.493 e. The summed E-state index contributed by atoms with van der Waals surface area (Å²) in [7, 11) is 0. The van der Waals surface area contributed by atoms with Gasteiger partial charge in [-0.15, -0.1) is 0 Å². The lowest BCUT2D eigenvalue weighted by Crippen LogP contribution is -2.47. The lowest BCUT2D eigenvalue weighted by Gasteiger charge is -2.34. The summed E-state index contributed by atoms with van der Waals surface area (Å²) in [4.78, 5) is 21.7. The Kier molecular flexibility index (Phi) is 13.3. The molecule has 0 spiro atoms. The third kappa shape index (κ3) is 10.9. The molecule has 1 N–H and O–H groups in total. The number of carbonyl (C=O) groups is 1. The predicted octanol–water partition coefficient (Wildman–Crippen LogP) is 7.80. The predicted molar refractivity (Wildman–Crippen MR) is 210 cm³/mol. The number of hydrogen-bond donors (Lipinski definition) is 1. The van der Waals surface area contributed by atoms with Crippen LogP contribution >= 0.6 is 11.6 Å². The second kappa shape index (κ2) is 18.9. The molecule has 0 radical (unpaired) electrons. The van der Waals surface area contributed by atoms with E-state index in [0.29, 0.717) is 60.7 Å². The van der Waals surface area contributed by atoms with Crippen LogP contribution in [0.3, 0.4) is 0 Å². The second-order valence-corrected chi connectivity index (χ2v) is 13.6. The number of rotatable bonds is 15. The van der Waals surface area contributed by atoms with E-state index >= 15 is 0 Å². The van der Waals surface area contributed by atoms with E-state index in [-0.39, 0.29) is 12.5 Å². The van der Waals surface area contributed by atoms with Crippen LogP contribution in [0.5, 0.6) is 23.1 Å². The van der Waals surface area contributed by atoms with Crippen molar-refractivity contribution in [1.29, 1.82) is 5.26 Å². The first kappa shape index (κ1) is 38.1. The lowest BCUT2D eigenvalue weighted by molar-refractivity contribution is -0.127. The van der Waals surface area contributed by atoms with E-state index in [2.05, 4.69) is 40.2 Å². The third-order valence-electron chi connectivity index (χ3n) is 9.17. The zero-order chi connectivity index (χ0) is 37.7. The Morgan fingerprint density at radius 2 is 1.52 bits per heavy atom. The van der Waals surface area contributed by atoms with Crippen molar-refractivity contribution in [2.45, 2.75) is 32.9 Å². The number of nitriles is 1. The minimum absolute atomic E-state index is 0.0258. The van der Waals surface area contributed by atoms with Crippen molar-refractivity contribution in [3.8, 4) is 29.2 Å². The molecule has 54 heavy (non-hydrogen) atoms. The summed E-state index contributed by atoms with van der Waals surface area (Å²) >= 11 is 6.62. The van der Waals surface area contributed by atoms with Gasteiger partial charge >= 0.3 is 0 Å². The highest BCUT2D eigenvalue weighted by Crippen LogP contribution is 2.34. The van der Waals surface area contributed by atoms with Gasteiger partial charge < -0.3 is 24.2 Å². The molecule has 9 nitrogen and oxygen atoms in total. The molecule has 1 fully saturated rings. The number of ether oxygens (including phenoxy) is 3. The number of amides is 1. The zero-order valence-electron chi connectivity index (χ0n) is 30.3. The lowest BCUT2D eigenvalue weighted by atomic mass is 10.1. The first-order chi connectivity index (χ1) is 26.3. The number of hydrogen-bond acceptors (Lipinski definition) is 8. The molecule has 5 aromatic rings. The maximum absolute atomic E-state index is 13.1. The number of aliphatic hydroxyl groups excluding tert-OH is 1. The van der Waals surface area contributed by atoms with Crippen LogP contribution in [0.25, 0.3) is 6.08 Å². The van der Waals surface area contributed by atoms with E-state index in [1.165, 1.54) is 11.1 Å². The number of nitrogens with zero attached hydrogens (tertiary/aromatic N) is 4. The number of benzene rings is 4. The van der Waals surface area contributed by atoms with Gasteiger partial charge in [-0.2, -0.15) is 5.26 Å². The molecule has 1 saturated heterocycles. The highest BCUT2D eigenvalue weighted by molar-refractivity contribution is 6.32. The Balaban J connectivity index is 0.919. The van der Waals surface area contributed by atoms with Gasteiger partial charge in [0.25, 0.3) is 0 Å². The molecule has 1 aliphatic heterocycles. The van der Waals surface area contributed by atoms with Crippen LogP contribution in [0.1, 0.15) is 38.9 Å². The third-order valence-corrected chi connectivity index (χ3v) is 9.45. The van der Waals surface area contributed by atoms with E-state index in [1.807, 2.05) is 54.3 Å². The molecule has 2 heterocycles. The van der Waals surface area contributed by atoms with Gasteiger partial charge in [0, 0.05) is 57.9 Å². The number of piperazine rings is 1. The van der Waals surface area contributed by atoms with Crippen LogP contribution in [-0.4, -0.2) is 65.2 Å². The Bertz CT molecular complexity index is 2030. The molecule has 6 rings (SSSR count). The standard InChI is InChI=1S/C44H43ClN4O5/c1-32-26-38(27-41(45)44(32)54-42-16-15-40(29-47-42)53-31-37-8-4-35(28-46)5-9-37)12-17-43(51)49-22-20-48(21-23-49)30-36-6-2-34(3-7-36)19-25-52-39-13-10-33(11-14-39)18-24-50/h2-17,26-27,29,50H,18-25,30-31H2,1H3/b17-12+. The second-order valence-electron chi connectivity index (χ2n) is 13.1. The highest BCUT2D eigenvalue weighted by Gasteiger charge is 2.20. The maximum Gasteiger partial charge on any atom is 0.246 e. The van der Waals surface area contributed by atoms with Gasteiger partial charge in [0.1, 0.15) is 18.1 Å². The molecule has 1 aromatic heterocycles. The Morgan fingerprint density at radius 1 is 0.852 bits per heavy atom. The van der Waals surface area contributed by atoms with E-state index in [0.717, 1.165) is 54.1 Å². The molecule has 276 valence electrons. The van der Waals surface area contributed by atoms with E-state index in [4.69, 9.17) is 36.2 Å². The molecule has 1 amide bonds. The number of carbonyl (C=O) groups excluding carboxylic acids is 1. The molecule has 0 saturated carbocycles. The van der Waals surface area contributed by atoms with Gasteiger partial charge in [-0.25, -0.2) is 4.98 Å². The molecule has 4 aromatic carbocycles. The van der Waals surface area contributed by atoms with Gasteiger partial charge in [-0.05, 0) is 95.3 Å². The van der Waals surface area contributed by atoms with Crippen LogP contribution in [-0.2, 0) is 30.8 Å². The van der Waals surface area contributed by atoms with Crippen LogP contribution < -0.4 is 14.2 Å². The molecule has 10 heteroatoms. The first-order valence-electron chi connectivity index (χ1n) is 18.0. The van der Waals surface area contributed by atoms with Gasteiger partial charge in [0.2, 0.25) is 11.8 Å². The van der Waals surface area contributed by atoms with Gasteiger partial charge in [-0.1, -0.05) is 60.1 Å². The fourth-order valence-electron chi connectivity index (χ4n) is 6.08. The van der Waals surface area contributed by atoms with Crippen molar-refractivity contribution in [2.24, 2.45) is 0 Å². The van der Waals surface area contributed by atoms with Crippen LogP contribution in [0.15, 0.2) is 109 Å². The van der Waals surface area contributed by atoms with Crippen molar-refractivity contribution in [2.75, 3.05) is 39.4 Å². The molecule has 0 aliphatic carbocycles. The highest BCUT2D eigenvalue weighted by atomic mass is 35.5. The normalized spacial score (nSPS) is 13.1. The number of aromatic nitrogens is 1. The van der Waals surface area contributed by atoms with Gasteiger partial charge in [0.15, 0.2) is 5.75 Å². The average molecular weight is 743 g/mol. The summed E-state index contributed by atoms with van der Waals surface area (Å²) in [5, 5.41) is 18.4. The molecule has 1 aliphatic rings. The Labute approximate surface area is 321 Å². The zero-order valence-corrected chi connectivity index (χ0v) is 31.0. The summed E-state index contributed by atoms with van der Waals surface area (Å²) in [5.74, 6) is 2.27. The number of halogens is 1. The molecule has 0 unspecified atom stereocenters. The number of pyridine rings is 1.